The van der Waals surface area contributed by atoms with Crippen LogP contribution in [0.4, 0.5) is 5.69 Å². The first-order valence-corrected chi connectivity index (χ1v) is 4.23. The van der Waals surface area contributed by atoms with E-state index in [0.29, 0.717) is 0 Å². The third-order valence-electron chi connectivity index (χ3n) is 1.82. The van der Waals surface area contributed by atoms with Crippen LogP contribution in [0.2, 0.25) is 0 Å². The molecule has 1 aromatic carbocycles. The summed E-state index contributed by atoms with van der Waals surface area (Å²) in [5.41, 5.74) is 1.55. The highest BCUT2D eigenvalue weighted by atomic mass is 16.1. The molecule has 0 heterocycles. The number of benzene rings is 1. The quantitative estimate of drug-likeness (QED) is 0.688. The molecule has 0 radical (unpaired) electrons. The van der Waals surface area contributed by atoms with Gasteiger partial charge in [0.1, 0.15) is 0 Å². The smallest absolute Gasteiger partial charge is 0.250 e. The largest absolute Gasteiger partial charge is 0.322 e. The van der Waals surface area contributed by atoms with Gasteiger partial charge in [-0.3, -0.25) is 4.79 Å². The Labute approximate surface area is 78.3 Å². The minimum absolute atomic E-state index is 0.0475. The SMILES string of the molecule is CC=C(C)C(=O)Nc1ccccc1. The molecule has 0 aliphatic rings. The Hall–Kier alpha value is -1.57. The van der Waals surface area contributed by atoms with Crippen molar-refractivity contribution in [2.75, 3.05) is 5.32 Å². The van der Waals surface area contributed by atoms with Crippen LogP contribution in [0.15, 0.2) is 42.0 Å². The van der Waals surface area contributed by atoms with E-state index in [0.717, 1.165) is 11.3 Å². The molecule has 0 saturated carbocycles. The normalized spacial score (nSPS) is 11.1. The van der Waals surface area contributed by atoms with E-state index in [1.165, 1.54) is 0 Å². The van der Waals surface area contributed by atoms with Crippen LogP contribution in [0.3, 0.4) is 0 Å². The number of rotatable bonds is 2. The van der Waals surface area contributed by atoms with E-state index in [4.69, 9.17) is 0 Å². The Morgan fingerprint density at radius 3 is 2.46 bits per heavy atom. The van der Waals surface area contributed by atoms with E-state index >= 15 is 0 Å². The Balaban J connectivity index is 2.66. The van der Waals surface area contributed by atoms with E-state index in [1.807, 2.05) is 37.3 Å². The molecule has 1 N–H and O–H groups in total. The van der Waals surface area contributed by atoms with Gasteiger partial charge in [-0.2, -0.15) is 0 Å². The molecule has 0 saturated heterocycles. The molecule has 2 nitrogen and oxygen atoms in total. The maximum absolute atomic E-state index is 11.4. The Kier molecular flexibility index (Phi) is 3.26. The molecule has 1 aromatic rings. The standard InChI is InChI=1S/C11H13NO/c1-3-9(2)11(13)12-10-7-5-4-6-8-10/h3-8H,1-2H3,(H,12,13). The van der Waals surface area contributed by atoms with Gasteiger partial charge in [0, 0.05) is 11.3 Å². The fraction of sp³-hybridized carbons (Fsp3) is 0.182. The van der Waals surface area contributed by atoms with Gasteiger partial charge in [-0.25, -0.2) is 0 Å². The van der Waals surface area contributed by atoms with Crippen LogP contribution in [0.1, 0.15) is 13.8 Å². The van der Waals surface area contributed by atoms with Gasteiger partial charge in [0.15, 0.2) is 0 Å². The number of anilines is 1. The third kappa shape index (κ3) is 2.75. The molecule has 1 amide bonds. The summed E-state index contributed by atoms with van der Waals surface area (Å²) in [6.07, 6.45) is 1.79. The van der Waals surface area contributed by atoms with Gasteiger partial charge < -0.3 is 5.32 Å². The minimum atomic E-state index is -0.0475. The summed E-state index contributed by atoms with van der Waals surface area (Å²) in [7, 11) is 0. The molecule has 0 aromatic heterocycles. The van der Waals surface area contributed by atoms with Crippen molar-refractivity contribution < 1.29 is 4.79 Å². The first-order valence-electron chi connectivity index (χ1n) is 4.23. The van der Waals surface area contributed by atoms with Crippen molar-refractivity contribution >= 4 is 11.6 Å². The van der Waals surface area contributed by atoms with Crippen LogP contribution in [0.25, 0.3) is 0 Å². The molecule has 0 atom stereocenters. The monoisotopic (exact) mass is 175 g/mol. The molecule has 0 bridgehead atoms. The summed E-state index contributed by atoms with van der Waals surface area (Å²) in [6.45, 7) is 3.64. The van der Waals surface area contributed by atoms with Gasteiger partial charge in [-0.05, 0) is 26.0 Å². The van der Waals surface area contributed by atoms with E-state index in [2.05, 4.69) is 5.32 Å². The van der Waals surface area contributed by atoms with Crippen LogP contribution in [0, 0.1) is 0 Å². The second kappa shape index (κ2) is 4.45. The lowest BCUT2D eigenvalue weighted by molar-refractivity contribution is -0.112. The van der Waals surface area contributed by atoms with Gasteiger partial charge in [0.25, 0.3) is 5.91 Å². The predicted molar refractivity (Wildman–Crippen MR) is 54.5 cm³/mol. The summed E-state index contributed by atoms with van der Waals surface area (Å²) in [5, 5.41) is 2.79. The number of para-hydroxylation sites is 1. The zero-order valence-corrected chi connectivity index (χ0v) is 7.87. The molecule has 2 heteroatoms. The summed E-state index contributed by atoms with van der Waals surface area (Å²) in [5.74, 6) is -0.0475. The number of hydrogen-bond donors (Lipinski definition) is 1. The minimum Gasteiger partial charge on any atom is -0.322 e. The maximum Gasteiger partial charge on any atom is 0.250 e. The zero-order chi connectivity index (χ0) is 9.68. The van der Waals surface area contributed by atoms with E-state index in [-0.39, 0.29) is 5.91 Å². The number of allylic oxidation sites excluding steroid dienone is 1. The lowest BCUT2D eigenvalue weighted by atomic mass is 10.2. The molecule has 1 rings (SSSR count). The average molecular weight is 175 g/mol. The Morgan fingerprint density at radius 2 is 1.92 bits per heavy atom. The number of carbonyl (C=O) groups is 1. The number of hydrogen-bond acceptors (Lipinski definition) is 1. The van der Waals surface area contributed by atoms with Gasteiger partial charge >= 0.3 is 0 Å². The van der Waals surface area contributed by atoms with Gasteiger partial charge in [0.05, 0.1) is 0 Å². The van der Waals surface area contributed by atoms with Crippen molar-refractivity contribution in [1.82, 2.24) is 0 Å². The molecule has 13 heavy (non-hydrogen) atoms. The molecule has 0 unspecified atom stereocenters. The second-order valence-corrected chi connectivity index (χ2v) is 2.79. The van der Waals surface area contributed by atoms with Crippen molar-refractivity contribution in [3.63, 3.8) is 0 Å². The van der Waals surface area contributed by atoms with Gasteiger partial charge in [-0.15, -0.1) is 0 Å². The second-order valence-electron chi connectivity index (χ2n) is 2.79. The summed E-state index contributed by atoms with van der Waals surface area (Å²) >= 11 is 0. The predicted octanol–water partition coefficient (Wildman–Crippen LogP) is 2.59. The number of nitrogens with one attached hydrogen (secondary N) is 1. The average Bonchev–Trinajstić information content (AvgIpc) is 2.18. The molecular formula is C11H13NO. The van der Waals surface area contributed by atoms with Crippen LogP contribution < -0.4 is 5.32 Å². The van der Waals surface area contributed by atoms with Gasteiger partial charge in [-0.1, -0.05) is 24.3 Å². The first-order chi connectivity index (χ1) is 6.24. The topological polar surface area (TPSA) is 29.1 Å². The summed E-state index contributed by atoms with van der Waals surface area (Å²) in [4.78, 5) is 11.4. The lowest BCUT2D eigenvalue weighted by Crippen LogP contribution is -2.12. The van der Waals surface area contributed by atoms with Crippen molar-refractivity contribution in [2.24, 2.45) is 0 Å². The highest BCUT2D eigenvalue weighted by molar-refractivity contribution is 6.03. The third-order valence-corrected chi connectivity index (χ3v) is 1.82. The Bertz CT molecular complexity index is 314. The molecule has 0 aliphatic heterocycles. The fourth-order valence-electron chi connectivity index (χ4n) is 0.882. The van der Waals surface area contributed by atoms with Crippen LogP contribution >= 0.6 is 0 Å². The van der Waals surface area contributed by atoms with Crippen LogP contribution in [-0.4, -0.2) is 5.91 Å². The van der Waals surface area contributed by atoms with E-state index in [1.54, 1.807) is 13.0 Å². The highest BCUT2D eigenvalue weighted by Gasteiger charge is 2.01. The van der Waals surface area contributed by atoms with Crippen LogP contribution in [-0.2, 0) is 4.79 Å². The van der Waals surface area contributed by atoms with Crippen molar-refractivity contribution in [2.45, 2.75) is 13.8 Å². The van der Waals surface area contributed by atoms with E-state index < -0.39 is 0 Å². The molecule has 0 spiro atoms. The van der Waals surface area contributed by atoms with Crippen molar-refractivity contribution in [3.8, 4) is 0 Å². The van der Waals surface area contributed by atoms with Crippen molar-refractivity contribution in [1.29, 1.82) is 0 Å². The lowest BCUT2D eigenvalue weighted by Gasteiger charge is -2.03. The van der Waals surface area contributed by atoms with Crippen molar-refractivity contribution in [3.05, 3.63) is 42.0 Å². The number of carbonyl (C=O) groups excluding carboxylic acids is 1. The summed E-state index contributed by atoms with van der Waals surface area (Å²) in [6, 6.07) is 9.42. The van der Waals surface area contributed by atoms with E-state index in [9.17, 15) is 4.79 Å². The Morgan fingerprint density at radius 1 is 1.31 bits per heavy atom. The fourth-order valence-corrected chi connectivity index (χ4v) is 0.882. The maximum atomic E-state index is 11.4. The highest BCUT2D eigenvalue weighted by Crippen LogP contribution is 2.06. The molecular weight excluding hydrogens is 162 g/mol. The van der Waals surface area contributed by atoms with Crippen LogP contribution in [0.5, 0.6) is 0 Å². The molecule has 0 fully saturated rings. The summed E-state index contributed by atoms with van der Waals surface area (Å²) < 4.78 is 0. The number of amides is 1. The van der Waals surface area contributed by atoms with Gasteiger partial charge in [0.2, 0.25) is 0 Å². The molecule has 0 aliphatic carbocycles. The zero-order valence-electron chi connectivity index (χ0n) is 7.87. The molecule has 68 valence electrons. The first kappa shape index (κ1) is 9.52.